The predicted octanol–water partition coefficient (Wildman–Crippen LogP) is 3.67. The minimum atomic E-state index is -0.106. The first kappa shape index (κ1) is 17.5. The third kappa shape index (κ3) is 4.28. The standard InChI is InChI=1S/C19H19N3O4S/c23-19(13-7-8-14-15(11-13)25-12-24-14)20-9-3-1-2-6-17-21-18(22-26-17)16-5-4-10-27-16/h4-5,7-8,10-11H,1-3,6,9,12H2,(H,20,23). The van der Waals surface area contributed by atoms with Crippen molar-refractivity contribution >= 4 is 17.2 Å². The van der Waals surface area contributed by atoms with Crippen LogP contribution in [0.2, 0.25) is 0 Å². The molecule has 0 spiro atoms. The van der Waals surface area contributed by atoms with Crippen LogP contribution in [0, 0.1) is 0 Å². The average Bonchev–Trinajstić information content (AvgIpc) is 3.44. The van der Waals surface area contributed by atoms with E-state index in [1.54, 1.807) is 29.5 Å². The molecule has 4 rings (SSSR count). The monoisotopic (exact) mass is 385 g/mol. The molecule has 1 N–H and O–H groups in total. The van der Waals surface area contributed by atoms with Crippen LogP contribution in [0.4, 0.5) is 0 Å². The normalized spacial score (nSPS) is 12.3. The third-order valence-corrected chi connectivity index (χ3v) is 5.06. The number of ether oxygens (including phenoxy) is 2. The number of carbonyl (C=O) groups is 1. The summed E-state index contributed by atoms with van der Waals surface area (Å²) < 4.78 is 15.8. The van der Waals surface area contributed by atoms with Gasteiger partial charge in [0, 0.05) is 18.5 Å². The molecule has 0 saturated heterocycles. The van der Waals surface area contributed by atoms with Crippen LogP contribution in [0.5, 0.6) is 11.5 Å². The Labute approximate surface area is 160 Å². The van der Waals surface area contributed by atoms with E-state index in [0.29, 0.717) is 35.3 Å². The van der Waals surface area contributed by atoms with Gasteiger partial charge in [0.15, 0.2) is 11.5 Å². The van der Waals surface area contributed by atoms with Gasteiger partial charge in [-0.1, -0.05) is 17.6 Å². The predicted molar refractivity (Wildman–Crippen MR) is 100 cm³/mol. The summed E-state index contributed by atoms with van der Waals surface area (Å²) in [5, 5.41) is 8.92. The van der Waals surface area contributed by atoms with Gasteiger partial charge in [-0.15, -0.1) is 11.3 Å². The van der Waals surface area contributed by atoms with Crippen molar-refractivity contribution < 1.29 is 18.8 Å². The summed E-state index contributed by atoms with van der Waals surface area (Å²) in [7, 11) is 0. The van der Waals surface area contributed by atoms with E-state index in [9.17, 15) is 4.79 Å². The second-order valence-corrected chi connectivity index (χ2v) is 7.07. The van der Waals surface area contributed by atoms with Crippen molar-refractivity contribution in [1.82, 2.24) is 15.5 Å². The van der Waals surface area contributed by atoms with E-state index in [-0.39, 0.29) is 12.7 Å². The number of thiophene rings is 1. The lowest BCUT2D eigenvalue weighted by molar-refractivity contribution is 0.0952. The molecule has 0 unspecified atom stereocenters. The van der Waals surface area contributed by atoms with Crippen molar-refractivity contribution in [2.24, 2.45) is 0 Å². The highest BCUT2D eigenvalue weighted by Crippen LogP contribution is 2.32. The Morgan fingerprint density at radius 2 is 2.07 bits per heavy atom. The van der Waals surface area contributed by atoms with Gasteiger partial charge in [-0.25, -0.2) is 0 Å². The van der Waals surface area contributed by atoms with E-state index in [2.05, 4.69) is 15.5 Å². The number of unbranched alkanes of at least 4 members (excludes halogenated alkanes) is 2. The van der Waals surface area contributed by atoms with Gasteiger partial charge < -0.3 is 19.3 Å². The number of aromatic nitrogens is 2. The van der Waals surface area contributed by atoms with Gasteiger partial charge in [-0.3, -0.25) is 4.79 Å². The van der Waals surface area contributed by atoms with E-state index in [1.807, 2.05) is 17.5 Å². The van der Waals surface area contributed by atoms with E-state index < -0.39 is 0 Å². The number of fused-ring (bicyclic) bond motifs is 1. The largest absolute Gasteiger partial charge is 0.454 e. The number of benzene rings is 1. The topological polar surface area (TPSA) is 86.5 Å². The van der Waals surface area contributed by atoms with Crippen LogP contribution in [0.25, 0.3) is 10.7 Å². The lowest BCUT2D eigenvalue weighted by atomic mass is 10.1. The van der Waals surface area contributed by atoms with Crippen molar-refractivity contribution in [3.63, 3.8) is 0 Å². The Morgan fingerprint density at radius 1 is 1.15 bits per heavy atom. The molecule has 140 valence electrons. The highest BCUT2D eigenvalue weighted by molar-refractivity contribution is 7.13. The van der Waals surface area contributed by atoms with Crippen LogP contribution in [0.15, 0.2) is 40.2 Å². The number of hydrogen-bond donors (Lipinski definition) is 1. The van der Waals surface area contributed by atoms with Crippen LogP contribution in [-0.2, 0) is 6.42 Å². The maximum Gasteiger partial charge on any atom is 0.251 e. The van der Waals surface area contributed by atoms with Crippen molar-refractivity contribution in [3.05, 3.63) is 47.2 Å². The molecule has 1 aliphatic heterocycles. The zero-order chi connectivity index (χ0) is 18.5. The Hall–Kier alpha value is -2.87. The summed E-state index contributed by atoms with van der Waals surface area (Å²) in [5.41, 5.74) is 0.575. The maximum atomic E-state index is 12.2. The molecular weight excluding hydrogens is 366 g/mol. The second-order valence-electron chi connectivity index (χ2n) is 6.12. The summed E-state index contributed by atoms with van der Waals surface area (Å²) >= 11 is 1.59. The van der Waals surface area contributed by atoms with Crippen LogP contribution < -0.4 is 14.8 Å². The molecule has 0 atom stereocenters. The molecule has 1 amide bonds. The number of amides is 1. The van der Waals surface area contributed by atoms with Gasteiger partial charge in [0.25, 0.3) is 5.91 Å². The summed E-state index contributed by atoms with van der Waals surface area (Å²) in [6.45, 7) is 0.826. The van der Waals surface area contributed by atoms with Gasteiger partial charge in [0.2, 0.25) is 18.5 Å². The van der Waals surface area contributed by atoms with Crippen LogP contribution in [0.1, 0.15) is 35.5 Å². The number of nitrogens with zero attached hydrogens (tertiary/aromatic N) is 2. The SMILES string of the molecule is O=C(NCCCCCc1nc(-c2cccs2)no1)c1ccc2c(c1)OCO2. The molecule has 27 heavy (non-hydrogen) atoms. The number of nitrogens with one attached hydrogen (secondary N) is 1. The molecule has 2 aromatic heterocycles. The molecular formula is C19H19N3O4S. The Bertz CT molecular complexity index is 908. The van der Waals surface area contributed by atoms with Gasteiger partial charge >= 0.3 is 0 Å². The quantitative estimate of drug-likeness (QED) is 0.596. The molecule has 1 aliphatic rings. The van der Waals surface area contributed by atoms with Crippen LogP contribution in [-0.4, -0.2) is 29.4 Å². The van der Waals surface area contributed by atoms with E-state index in [1.165, 1.54) is 0 Å². The molecule has 8 heteroatoms. The number of rotatable bonds is 8. The van der Waals surface area contributed by atoms with Crippen molar-refractivity contribution in [3.8, 4) is 22.2 Å². The maximum absolute atomic E-state index is 12.2. The summed E-state index contributed by atoms with van der Waals surface area (Å²) in [6, 6.07) is 9.14. The van der Waals surface area contributed by atoms with E-state index in [0.717, 1.165) is 30.6 Å². The minimum Gasteiger partial charge on any atom is -0.454 e. The van der Waals surface area contributed by atoms with Gasteiger partial charge in [0.05, 0.1) is 4.88 Å². The highest BCUT2D eigenvalue weighted by Gasteiger charge is 2.16. The summed E-state index contributed by atoms with van der Waals surface area (Å²) in [4.78, 5) is 17.6. The van der Waals surface area contributed by atoms with Crippen molar-refractivity contribution in [1.29, 1.82) is 0 Å². The molecule has 0 saturated carbocycles. The third-order valence-electron chi connectivity index (χ3n) is 4.20. The fourth-order valence-electron chi connectivity index (χ4n) is 2.78. The molecule has 1 aromatic carbocycles. The zero-order valence-electron chi connectivity index (χ0n) is 14.6. The van der Waals surface area contributed by atoms with E-state index >= 15 is 0 Å². The fourth-order valence-corrected chi connectivity index (χ4v) is 3.43. The molecule has 3 aromatic rings. The number of aryl methyl sites for hydroxylation is 1. The van der Waals surface area contributed by atoms with Crippen LogP contribution in [0.3, 0.4) is 0 Å². The smallest absolute Gasteiger partial charge is 0.251 e. The lowest BCUT2D eigenvalue weighted by Gasteiger charge is -2.05. The van der Waals surface area contributed by atoms with Gasteiger partial charge in [-0.05, 0) is 42.5 Å². The Kier molecular flexibility index (Phi) is 5.34. The zero-order valence-corrected chi connectivity index (χ0v) is 15.5. The second kappa shape index (κ2) is 8.22. The van der Waals surface area contributed by atoms with Gasteiger partial charge in [-0.2, -0.15) is 4.98 Å². The average molecular weight is 385 g/mol. The molecule has 0 bridgehead atoms. The minimum absolute atomic E-state index is 0.106. The highest BCUT2D eigenvalue weighted by atomic mass is 32.1. The molecule has 0 radical (unpaired) electrons. The Balaban J connectivity index is 1.15. The number of hydrogen-bond acceptors (Lipinski definition) is 7. The molecule has 0 fully saturated rings. The Morgan fingerprint density at radius 3 is 2.96 bits per heavy atom. The van der Waals surface area contributed by atoms with Crippen molar-refractivity contribution in [2.75, 3.05) is 13.3 Å². The molecule has 0 aliphatic carbocycles. The van der Waals surface area contributed by atoms with Gasteiger partial charge in [0.1, 0.15) is 0 Å². The first-order chi connectivity index (χ1) is 13.3. The molecule has 7 nitrogen and oxygen atoms in total. The number of carbonyl (C=O) groups excluding carboxylic acids is 1. The summed E-state index contributed by atoms with van der Waals surface area (Å²) in [6.07, 6.45) is 3.54. The first-order valence-electron chi connectivity index (χ1n) is 8.84. The summed E-state index contributed by atoms with van der Waals surface area (Å²) in [5.74, 6) is 2.49. The van der Waals surface area contributed by atoms with Crippen molar-refractivity contribution in [2.45, 2.75) is 25.7 Å². The fraction of sp³-hybridized carbons (Fsp3) is 0.316. The van der Waals surface area contributed by atoms with Crippen LogP contribution >= 0.6 is 11.3 Å². The van der Waals surface area contributed by atoms with E-state index in [4.69, 9.17) is 14.0 Å². The lowest BCUT2D eigenvalue weighted by Crippen LogP contribution is -2.24. The molecule has 3 heterocycles. The first-order valence-corrected chi connectivity index (χ1v) is 9.72.